The molecule has 1 aliphatic heterocycles. The molecule has 1 heterocycles. The molecule has 0 amide bonds. The second-order valence-electron chi connectivity index (χ2n) is 7.07. The van der Waals surface area contributed by atoms with Crippen LogP contribution in [-0.4, -0.2) is 78.4 Å². The van der Waals surface area contributed by atoms with E-state index in [4.69, 9.17) is 14.2 Å². The molecular formula is C21H26N2O8S2. The number of carbonyl (C=O) groups excluding carboxylic acids is 1. The first-order chi connectivity index (χ1) is 15.6. The summed E-state index contributed by atoms with van der Waals surface area (Å²) in [6.07, 6.45) is 0. The molecule has 12 heteroatoms. The summed E-state index contributed by atoms with van der Waals surface area (Å²) in [6, 6.07) is 10.1. The molecule has 0 aliphatic carbocycles. The van der Waals surface area contributed by atoms with Crippen LogP contribution in [0.3, 0.4) is 0 Å². The van der Waals surface area contributed by atoms with Gasteiger partial charge in [0.15, 0.2) is 0 Å². The van der Waals surface area contributed by atoms with Gasteiger partial charge in [0.25, 0.3) is 0 Å². The Kier molecular flexibility index (Phi) is 7.62. The molecule has 0 bridgehead atoms. The van der Waals surface area contributed by atoms with Crippen LogP contribution < -0.4 is 9.47 Å². The van der Waals surface area contributed by atoms with E-state index in [2.05, 4.69) is 0 Å². The Morgan fingerprint density at radius 3 is 2.09 bits per heavy atom. The SMILES string of the molecule is CCOC(=O)c1cccc(S(=O)(=O)N2CCN(S(=O)(=O)c3cc(OC)ccc3OC)CC2)c1. The number of nitrogens with zero attached hydrogens (tertiary/aromatic N) is 2. The van der Waals surface area contributed by atoms with E-state index in [9.17, 15) is 21.6 Å². The highest BCUT2D eigenvalue weighted by Crippen LogP contribution is 2.31. The summed E-state index contributed by atoms with van der Waals surface area (Å²) in [5.41, 5.74) is 0.129. The van der Waals surface area contributed by atoms with E-state index in [1.165, 1.54) is 59.2 Å². The summed E-state index contributed by atoms with van der Waals surface area (Å²) >= 11 is 0. The maximum Gasteiger partial charge on any atom is 0.338 e. The summed E-state index contributed by atoms with van der Waals surface area (Å²) in [5.74, 6) is -0.0867. The lowest BCUT2D eigenvalue weighted by molar-refractivity contribution is 0.0526. The number of hydrogen-bond donors (Lipinski definition) is 0. The normalized spacial score (nSPS) is 15.7. The highest BCUT2D eigenvalue weighted by atomic mass is 32.2. The Morgan fingerprint density at radius 2 is 1.52 bits per heavy atom. The van der Waals surface area contributed by atoms with E-state index in [1.807, 2.05) is 0 Å². The summed E-state index contributed by atoms with van der Waals surface area (Å²) in [5, 5.41) is 0. The standard InChI is InChI=1S/C21H26N2O8S2/c1-4-31-21(24)16-6-5-7-18(14-16)32(25,26)22-10-12-23(13-11-22)33(27,28)20-15-17(29-2)8-9-19(20)30-3/h5-9,14-15H,4,10-13H2,1-3H3. The number of ether oxygens (including phenoxy) is 3. The van der Waals surface area contributed by atoms with Crippen LogP contribution in [0.25, 0.3) is 0 Å². The van der Waals surface area contributed by atoms with E-state index in [0.29, 0.717) is 5.75 Å². The summed E-state index contributed by atoms with van der Waals surface area (Å²) in [6.45, 7) is 1.66. The lowest BCUT2D eigenvalue weighted by Crippen LogP contribution is -2.50. The van der Waals surface area contributed by atoms with Crippen LogP contribution in [0.15, 0.2) is 52.3 Å². The van der Waals surface area contributed by atoms with E-state index >= 15 is 0 Å². The molecule has 1 fully saturated rings. The highest BCUT2D eigenvalue weighted by Gasteiger charge is 2.35. The van der Waals surface area contributed by atoms with E-state index in [1.54, 1.807) is 13.0 Å². The largest absolute Gasteiger partial charge is 0.497 e. The van der Waals surface area contributed by atoms with Gasteiger partial charge in [-0.15, -0.1) is 0 Å². The zero-order valence-corrected chi connectivity index (χ0v) is 20.2. The molecule has 1 aliphatic rings. The first kappa shape index (κ1) is 25.0. The van der Waals surface area contributed by atoms with Gasteiger partial charge in [0.2, 0.25) is 20.0 Å². The van der Waals surface area contributed by atoms with Gasteiger partial charge in [-0.1, -0.05) is 6.07 Å². The maximum absolute atomic E-state index is 13.2. The van der Waals surface area contributed by atoms with Crippen molar-refractivity contribution in [2.45, 2.75) is 16.7 Å². The van der Waals surface area contributed by atoms with Gasteiger partial charge in [0.05, 0.1) is 31.3 Å². The molecule has 0 aromatic heterocycles. The first-order valence-corrected chi connectivity index (χ1v) is 13.0. The first-order valence-electron chi connectivity index (χ1n) is 10.1. The van der Waals surface area contributed by atoms with Crippen molar-refractivity contribution in [3.05, 3.63) is 48.0 Å². The molecule has 1 saturated heterocycles. The van der Waals surface area contributed by atoms with Gasteiger partial charge in [-0.05, 0) is 37.3 Å². The lowest BCUT2D eigenvalue weighted by atomic mass is 10.2. The van der Waals surface area contributed by atoms with E-state index in [0.717, 1.165) is 0 Å². The van der Waals surface area contributed by atoms with Crippen molar-refractivity contribution in [3.8, 4) is 11.5 Å². The van der Waals surface area contributed by atoms with Crippen LogP contribution in [-0.2, 0) is 24.8 Å². The van der Waals surface area contributed by atoms with Crippen molar-refractivity contribution in [2.75, 3.05) is 47.0 Å². The molecule has 180 valence electrons. The summed E-state index contributed by atoms with van der Waals surface area (Å²) in [7, 11) is -5.08. The number of rotatable bonds is 8. The van der Waals surface area contributed by atoms with Gasteiger partial charge >= 0.3 is 5.97 Å². The number of carbonyl (C=O) groups is 1. The van der Waals surface area contributed by atoms with E-state index in [-0.39, 0.29) is 53.9 Å². The van der Waals surface area contributed by atoms with Gasteiger partial charge in [0.1, 0.15) is 16.4 Å². The van der Waals surface area contributed by atoms with Crippen LogP contribution in [0.2, 0.25) is 0 Å². The fourth-order valence-corrected chi connectivity index (χ4v) is 6.48. The molecule has 10 nitrogen and oxygen atoms in total. The average Bonchev–Trinajstić information content (AvgIpc) is 2.83. The minimum absolute atomic E-state index is 0.0422. The maximum atomic E-state index is 13.2. The van der Waals surface area contributed by atoms with Crippen LogP contribution >= 0.6 is 0 Å². The molecule has 0 radical (unpaired) electrons. The van der Waals surface area contributed by atoms with Gasteiger partial charge in [0, 0.05) is 32.2 Å². The van der Waals surface area contributed by atoms with Crippen molar-refractivity contribution in [3.63, 3.8) is 0 Å². The molecule has 0 N–H and O–H groups in total. The summed E-state index contributed by atoms with van der Waals surface area (Å²) in [4.78, 5) is 11.9. The number of esters is 1. The Bertz CT molecular complexity index is 1220. The van der Waals surface area contributed by atoms with Gasteiger partial charge in [-0.3, -0.25) is 0 Å². The second-order valence-corrected chi connectivity index (χ2v) is 10.9. The predicted molar refractivity (Wildman–Crippen MR) is 119 cm³/mol. The molecular weight excluding hydrogens is 472 g/mol. The quantitative estimate of drug-likeness (QED) is 0.503. The van der Waals surface area contributed by atoms with Crippen molar-refractivity contribution < 1.29 is 35.8 Å². The Hall–Kier alpha value is -2.67. The number of benzene rings is 2. The van der Waals surface area contributed by atoms with Crippen molar-refractivity contribution in [2.24, 2.45) is 0 Å². The van der Waals surface area contributed by atoms with Crippen LogP contribution in [0, 0.1) is 0 Å². The van der Waals surface area contributed by atoms with Crippen molar-refractivity contribution in [1.29, 1.82) is 0 Å². The zero-order chi connectivity index (χ0) is 24.2. The fourth-order valence-electron chi connectivity index (χ4n) is 3.42. The van der Waals surface area contributed by atoms with Crippen molar-refractivity contribution in [1.82, 2.24) is 8.61 Å². The molecule has 2 aromatic carbocycles. The Balaban J connectivity index is 1.80. The molecule has 0 saturated carbocycles. The van der Waals surface area contributed by atoms with Crippen LogP contribution in [0.5, 0.6) is 11.5 Å². The molecule has 3 rings (SSSR count). The molecule has 0 spiro atoms. The Labute approximate surface area is 193 Å². The van der Waals surface area contributed by atoms with E-state index < -0.39 is 26.0 Å². The number of methoxy groups -OCH3 is 2. The topological polar surface area (TPSA) is 120 Å². The van der Waals surface area contributed by atoms with Gasteiger partial charge < -0.3 is 14.2 Å². The zero-order valence-electron chi connectivity index (χ0n) is 18.6. The van der Waals surface area contributed by atoms with Gasteiger partial charge in [-0.2, -0.15) is 8.61 Å². The number of hydrogen-bond acceptors (Lipinski definition) is 8. The third kappa shape index (κ3) is 5.13. The number of piperazine rings is 1. The van der Waals surface area contributed by atoms with Crippen LogP contribution in [0.1, 0.15) is 17.3 Å². The molecule has 0 atom stereocenters. The fraction of sp³-hybridized carbons (Fsp3) is 0.381. The van der Waals surface area contributed by atoms with Crippen molar-refractivity contribution >= 4 is 26.0 Å². The minimum atomic E-state index is -3.95. The minimum Gasteiger partial charge on any atom is -0.497 e. The molecule has 2 aromatic rings. The lowest BCUT2D eigenvalue weighted by Gasteiger charge is -2.33. The predicted octanol–water partition coefficient (Wildman–Crippen LogP) is 1.58. The Morgan fingerprint density at radius 1 is 0.879 bits per heavy atom. The smallest absolute Gasteiger partial charge is 0.338 e. The third-order valence-electron chi connectivity index (χ3n) is 5.17. The van der Waals surface area contributed by atoms with Crippen LogP contribution in [0.4, 0.5) is 0 Å². The highest BCUT2D eigenvalue weighted by molar-refractivity contribution is 7.89. The molecule has 0 unspecified atom stereocenters. The summed E-state index contributed by atoms with van der Waals surface area (Å²) < 4.78 is 70.3. The number of sulfonamides is 2. The monoisotopic (exact) mass is 498 g/mol. The third-order valence-corrected chi connectivity index (χ3v) is 8.98. The van der Waals surface area contributed by atoms with Gasteiger partial charge in [-0.25, -0.2) is 21.6 Å². The second kappa shape index (κ2) is 10.1. The average molecular weight is 499 g/mol. The molecule has 33 heavy (non-hydrogen) atoms.